The number of rotatable bonds is 5. The molecule has 1 unspecified atom stereocenters. The molecule has 1 saturated carbocycles. The van der Waals surface area contributed by atoms with Crippen molar-refractivity contribution in [2.45, 2.75) is 44.9 Å². The number of carbonyl (C=O) groups is 2. The molecule has 6 nitrogen and oxygen atoms in total. The Kier molecular flexibility index (Phi) is 5.88. The molecular formula is C23H28FN3O3. The molecule has 1 saturated heterocycles. The van der Waals surface area contributed by atoms with E-state index in [4.69, 9.17) is 4.52 Å². The molecule has 160 valence electrons. The first-order valence-electron chi connectivity index (χ1n) is 10.7. The minimum atomic E-state index is -0.724. The molecule has 0 spiro atoms. The van der Waals surface area contributed by atoms with Gasteiger partial charge in [0, 0.05) is 44.1 Å². The maximum absolute atomic E-state index is 13.2. The highest BCUT2D eigenvalue weighted by Crippen LogP contribution is 2.37. The fraction of sp³-hybridized carbons (Fsp3) is 0.522. The number of hydrogen-bond acceptors (Lipinski definition) is 4. The maximum Gasteiger partial charge on any atom is 0.228 e. The Morgan fingerprint density at radius 2 is 1.97 bits per heavy atom. The summed E-state index contributed by atoms with van der Waals surface area (Å²) < 4.78 is 18.7. The number of hydrogen-bond donors (Lipinski definition) is 1. The monoisotopic (exact) mass is 413 g/mol. The molecule has 4 rings (SSSR count). The predicted octanol–water partition coefficient (Wildman–Crippen LogP) is 3.57. The summed E-state index contributed by atoms with van der Waals surface area (Å²) in [5, 5.41) is 6.86. The lowest BCUT2D eigenvalue weighted by molar-refractivity contribution is -0.137. The SMILES string of the molecule is CNC(=O)C1(Cc2cc(-c3ccc(F)cc3)no2)CCN(C(=O)C2CCCCC2)C1. The van der Waals surface area contributed by atoms with Crippen molar-refractivity contribution in [3.05, 3.63) is 41.9 Å². The summed E-state index contributed by atoms with van der Waals surface area (Å²) in [7, 11) is 1.63. The van der Waals surface area contributed by atoms with E-state index in [2.05, 4.69) is 10.5 Å². The lowest BCUT2D eigenvalue weighted by Gasteiger charge is -2.29. The van der Waals surface area contributed by atoms with E-state index < -0.39 is 5.41 Å². The molecule has 1 aromatic heterocycles. The van der Waals surface area contributed by atoms with Gasteiger partial charge in [-0.05, 0) is 43.5 Å². The third-order valence-corrected chi connectivity index (χ3v) is 6.54. The molecule has 1 aromatic carbocycles. The van der Waals surface area contributed by atoms with Gasteiger partial charge in [-0.2, -0.15) is 0 Å². The Hall–Kier alpha value is -2.70. The van der Waals surface area contributed by atoms with Crippen molar-refractivity contribution in [2.24, 2.45) is 11.3 Å². The highest BCUT2D eigenvalue weighted by atomic mass is 19.1. The fourth-order valence-electron chi connectivity index (χ4n) is 4.83. The zero-order valence-electron chi connectivity index (χ0n) is 17.3. The largest absolute Gasteiger partial charge is 0.361 e. The van der Waals surface area contributed by atoms with Gasteiger partial charge in [-0.3, -0.25) is 9.59 Å². The van der Waals surface area contributed by atoms with Gasteiger partial charge in [0.2, 0.25) is 11.8 Å². The number of amides is 2. The van der Waals surface area contributed by atoms with E-state index in [1.165, 1.54) is 18.6 Å². The standard InChI is InChI=1S/C23H28FN3O3/c1-25-22(29)23(11-12-27(15-23)21(28)17-5-3-2-4-6-17)14-19-13-20(26-30-19)16-7-9-18(24)10-8-16/h7-10,13,17H,2-6,11-12,14-15H2,1H3,(H,25,29). The van der Waals surface area contributed by atoms with Gasteiger partial charge in [-0.25, -0.2) is 4.39 Å². The molecule has 30 heavy (non-hydrogen) atoms. The smallest absolute Gasteiger partial charge is 0.228 e. The number of likely N-dealkylation sites (tertiary alicyclic amines) is 1. The van der Waals surface area contributed by atoms with Gasteiger partial charge in [0.1, 0.15) is 17.3 Å². The van der Waals surface area contributed by atoms with Gasteiger partial charge >= 0.3 is 0 Å². The van der Waals surface area contributed by atoms with E-state index in [0.29, 0.717) is 37.4 Å². The molecule has 7 heteroatoms. The number of halogens is 1. The van der Waals surface area contributed by atoms with E-state index in [0.717, 1.165) is 31.2 Å². The Morgan fingerprint density at radius 3 is 2.67 bits per heavy atom. The summed E-state index contributed by atoms with van der Waals surface area (Å²) in [6.07, 6.45) is 6.28. The number of aromatic nitrogens is 1. The summed E-state index contributed by atoms with van der Waals surface area (Å²) in [6, 6.07) is 7.84. The summed E-state index contributed by atoms with van der Waals surface area (Å²) in [5.74, 6) is 0.473. The molecule has 0 bridgehead atoms. The zero-order valence-corrected chi connectivity index (χ0v) is 17.3. The Morgan fingerprint density at radius 1 is 1.23 bits per heavy atom. The fourth-order valence-corrected chi connectivity index (χ4v) is 4.83. The van der Waals surface area contributed by atoms with E-state index >= 15 is 0 Å². The van der Waals surface area contributed by atoms with Crippen LogP contribution in [-0.4, -0.2) is 42.0 Å². The molecule has 1 aliphatic carbocycles. The van der Waals surface area contributed by atoms with Crippen LogP contribution in [0.2, 0.25) is 0 Å². The first-order chi connectivity index (χ1) is 14.5. The highest BCUT2D eigenvalue weighted by Gasteiger charge is 2.47. The molecule has 0 radical (unpaired) electrons. The van der Waals surface area contributed by atoms with Crippen LogP contribution in [0.4, 0.5) is 4.39 Å². The van der Waals surface area contributed by atoms with Crippen molar-refractivity contribution >= 4 is 11.8 Å². The summed E-state index contributed by atoms with van der Waals surface area (Å²) in [6.45, 7) is 0.982. The molecule has 1 aliphatic heterocycles. The average molecular weight is 413 g/mol. The summed E-state index contributed by atoms with van der Waals surface area (Å²) in [5.41, 5.74) is 0.629. The molecule has 2 amide bonds. The topological polar surface area (TPSA) is 75.4 Å². The summed E-state index contributed by atoms with van der Waals surface area (Å²) in [4.78, 5) is 27.7. The third-order valence-electron chi connectivity index (χ3n) is 6.54. The van der Waals surface area contributed by atoms with Crippen LogP contribution in [0.3, 0.4) is 0 Å². The zero-order chi connectivity index (χ0) is 21.1. The van der Waals surface area contributed by atoms with Gasteiger partial charge in [0.15, 0.2) is 0 Å². The lowest BCUT2D eigenvalue weighted by atomic mass is 9.81. The molecule has 2 heterocycles. The molecule has 1 atom stereocenters. The van der Waals surface area contributed by atoms with Crippen LogP contribution in [0.25, 0.3) is 11.3 Å². The number of nitrogens with one attached hydrogen (secondary N) is 1. The highest BCUT2D eigenvalue weighted by molar-refractivity contribution is 5.86. The van der Waals surface area contributed by atoms with Crippen LogP contribution >= 0.6 is 0 Å². The second kappa shape index (κ2) is 8.58. The van der Waals surface area contributed by atoms with E-state index in [1.807, 2.05) is 4.90 Å². The van der Waals surface area contributed by atoms with Crippen molar-refractivity contribution in [3.63, 3.8) is 0 Å². The van der Waals surface area contributed by atoms with E-state index in [1.54, 1.807) is 25.2 Å². The van der Waals surface area contributed by atoms with Crippen LogP contribution in [0, 0.1) is 17.2 Å². The van der Waals surface area contributed by atoms with Gasteiger partial charge in [-0.1, -0.05) is 24.4 Å². The van der Waals surface area contributed by atoms with Crippen molar-refractivity contribution in [1.82, 2.24) is 15.4 Å². The molecule has 2 aliphatic rings. The van der Waals surface area contributed by atoms with Crippen molar-refractivity contribution in [3.8, 4) is 11.3 Å². The second-order valence-electron chi connectivity index (χ2n) is 8.57. The van der Waals surface area contributed by atoms with E-state index in [-0.39, 0.29) is 23.5 Å². The van der Waals surface area contributed by atoms with Crippen LogP contribution < -0.4 is 5.32 Å². The number of nitrogens with zero attached hydrogens (tertiary/aromatic N) is 2. The first-order valence-corrected chi connectivity index (χ1v) is 10.7. The van der Waals surface area contributed by atoms with Crippen molar-refractivity contribution in [1.29, 1.82) is 0 Å². The number of carbonyl (C=O) groups excluding carboxylic acids is 2. The van der Waals surface area contributed by atoms with Gasteiger partial charge in [0.25, 0.3) is 0 Å². The Bertz CT molecular complexity index is 905. The van der Waals surface area contributed by atoms with Crippen molar-refractivity contribution in [2.75, 3.05) is 20.1 Å². The first kappa shape index (κ1) is 20.6. The van der Waals surface area contributed by atoms with Crippen LogP contribution in [-0.2, 0) is 16.0 Å². The molecule has 2 aromatic rings. The minimum Gasteiger partial charge on any atom is -0.361 e. The molecular weight excluding hydrogens is 385 g/mol. The molecule has 1 N–H and O–H groups in total. The van der Waals surface area contributed by atoms with Gasteiger partial charge in [0.05, 0.1) is 5.41 Å². The second-order valence-corrected chi connectivity index (χ2v) is 8.57. The predicted molar refractivity (Wildman–Crippen MR) is 110 cm³/mol. The Balaban J connectivity index is 1.50. The quantitative estimate of drug-likeness (QED) is 0.813. The minimum absolute atomic E-state index is 0.0822. The van der Waals surface area contributed by atoms with Crippen LogP contribution in [0.15, 0.2) is 34.9 Å². The van der Waals surface area contributed by atoms with Crippen LogP contribution in [0.5, 0.6) is 0 Å². The lowest BCUT2D eigenvalue weighted by Crippen LogP contribution is -2.45. The molecule has 2 fully saturated rings. The summed E-state index contributed by atoms with van der Waals surface area (Å²) >= 11 is 0. The van der Waals surface area contributed by atoms with Crippen LogP contribution in [0.1, 0.15) is 44.3 Å². The van der Waals surface area contributed by atoms with Crippen molar-refractivity contribution < 1.29 is 18.5 Å². The third kappa shape index (κ3) is 4.11. The van der Waals surface area contributed by atoms with Gasteiger partial charge < -0.3 is 14.7 Å². The number of benzene rings is 1. The maximum atomic E-state index is 13.2. The Labute approximate surface area is 175 Å². The average Bonchev–Trinajstić information content (AvgIpc) is 3.42. The van der Waals surface area contributed by atoms with Gasteiger partial charge in [-0.15, -0.1) is 0 Å². The van der Waals surface area contributed by atoms with E-state index in [9.17, 15) is 14.0 Å². The normalized spacial score (nSPS) is 22.3.